The summed E-state index contributed by atoms with van der Waals surface area (Å²) in [6, 6.07) is 22.9. The average Bonchev–Trinajstić information content (AvgIpc) is 2.81. The van der Waals surface area contributed by atoms with Crippen molar-refractivity contribution < 1.29 is 17.6 Å². The van der Waals surface area contributed by atoms with Gasteiger partial charge in [0.2, 0.25) is 0 Å². The predicted octanol–water partition coefficient (Wildman–Crippen LogP) is 4.15. The number of halogens is 1. The molecule has 0 radical (unpaired) electrons. The number of sulfonamides is 1. The number of amides is 1. The van der Waals surface area contributed by atoms with E-state index in [2.05, 4.69) is 10.5 Å². The van der Waals surface area contributed by atoms with Gasteiger partial charge in [-0.1, -0.05) is 60.7 Å². The molecule has 32 heavy (non-hydrogen) atoms. The molecule has 1 N–H and O–H groups in total. The Labute approximate surface area is 187 Å². The summed E-state index contributed by atoms with van der Waals surface area (Å²) in [6.07, 6.45) is 1.39. The van der Waals surface area contributed by atoms with Crippen molar-refractivity contribution in [3.8, 4) is 0 Å². The van der Waals surface area contributed by atoms with Crippen LogP contribution in [0.15, 0.2) is 94.9 Å². The van der Waals surface area contributed by atoms with Crippen LogP contribution >= 0.6 is 0 Å². The zero-order valence-electron chi connectivity index (χ0n) is 17.6. The normalized spacial score (nSPS) is 11.8. The minimum Gasteiger partial charge on any atom is -0.271 e. The van der Waals surface area contributed by atoms with Crippen LogP contribution in [0.3, 0.4) is 0 Å². The first-order chi connectivity index (χ1) is 15.4. The number of carbonyl (C=O) groups excluding carboxylic acids is 1. The third kappa shape index (κ3) is 6.01. The molecule has 0 saturated heterocycles. The third-order valence-corrected chi connectivity index (χ3v) is 6.50. The minimum atomic E-state index is -4.17. The van der Waals surface area contributed by atoms with Crippen LogP contribution in [0.2, 0.25) is 0 Å². The number of nitrogens with one attached hydrogen (secondary N) is 1. The second-order valence-corrected chi connectivity index (χ2v) is 9.01. The molecule has 8 heteroatoms. The maximum atomic E-state index is 14.4. The predicted molar refractivity (Wildman–Crippen MR) is 123 cm³/mol. The summed E-state index contributed by atoms with van der Waals surface area (Å²) in [5, 5.41) is 4.06. The number of hydrogen-bond acceptors (Lipinski definition) is 4. The Bertz CT molecular complexity index is 1180. The molecule has 0 bridgehead atoms. The summed E-state index contributed by atoms with van der Waals surface area (Å²) in [5.74, 6) is -1.42. The molecule has 0 heterocycles. The van der Waals surface area contributed by atoms with Crippen LogP contribution in [0.25, 0.3) is 0 Å². The van der Waals surface area contributed by atoms with Gasteiger partial charge in [-0.05, 0) is 49.6 Å². The van der Waals surface area contributed by atoms with Gasteiger partial charge in [0.05, 0.1) is 10.6 Å². The molecule has 6 nitrogen and oxygen atoms in total. The molecule has 0 fully saturated rings. The summed E-state index contributed by atoms with van der Waals surface area (Å²) >= 11 is 0. The third-order valence-electron chi connectivity index (χ3n) is 4.73. The molecule has 0 aliphatic carbocycles. The Morgan fingerprint density at radius 2 is 1.53 bits per heavy atom. The van der Waals surface area contributed by atoms with Crippen LogP contribution in [0.4, 0.5) is 10.1 Å². The van der Waals surface area contributed by atoms with Gasteiger partial charge in [-0.15, -0.1) is 0 Å². The topological polar surface area (TPSA) is 78.8 Å². The first-order valence-electron chi connectivity index (χ1n) is 10.1. The molecule has 166 valence electrons. The minimum absolute atomic E-state index is 0.0430. The first kappa shape index (κ1) is 23.1. The lowest BCUT2D eigenvalue weighted by atomic mass is 10.1. The van der Waals surface area contributed by atoms with Crippen molar-refractivity contribution in [2.24, 2.45) is 5.10 Å². The van der Waals surface area contributed by atoms with Gasteiger partial charge in [0.25, 0.3) is 15.9 Å². The van der Waals surface area contributed by atoms with Crippen molar-refractivity contribution in [3.05, 3.63) is 96.3 Å². The number of para-hydroxylation sites is 1. The summed E-state index contributed by atoms with van der Waals surface area (Å²) in [7, 11) is -4.17. The Morgan fingerprint density at radius 3 is 2.19 bits per heavy atom. The number of anilines is 1. The van der Waals surface area contributed by atoms with Gasteiger partial charge in [0.15, 0.2) is 0 Å². The highest BCUT2D eigenvalue weighted by Crippen LogP contribution is 2.25. The molecule has 3 aromatic carbocycles. The molecule has 0 aromatic heterocycles. The molecule has 1 amide bonds. The number of nitrogens with zero attached hydrogens (tertiary/aromatic N) is 2. The van der Waals surface area contributed by atoms with E-state index in [4.69, 9.17) is 0 Å². The molecule has 3 rings (SSSR count). The van der Waals surface area contributed by atoms with Crippen LogP contribution in [-0.4, -0.2) is 26.6 Å². The number of aryl methyl sites for hydroxylation is 1. The monoisotopic (exact) mass is 453 g/mol. The number of rotatable bonds is 9. The van der Waals surface area contributed by atoms with Crippen LogP contribution in [0, 0.1) is 5.82 Å². The summed E-state index contributed by atoms with van der Waals surface area (Å²) in [4.78, 5) is 12.5. The summed E-state index contributed by atoms with van der Waals surface area (Å²) in [6.45, 7) is 1.16. The maximum Gasteiger partial charge on any atom is 0.264 e. The van der Waals surface area contributed by atoms with E-state index in [-0.39, 0.29) is 10.6 Å². The molecular formula is C24H24FN3O3S. The van der Waals surface area contributed by atoms with Crippen LogP contribution in [0.5, 0.6) is 0 Å². The highest BCUT2D eigenvalue weighted by molar-refractivity contribution is 7.92. The van der Waals surface area contributed by atoms with Crippen molar-refractivity contribution in [1.82, 2.24) is 5.43 Å². The van der Waals surface area contributed by atoms with Gasteiger partial charge in [0, 0.05) is 5.71 Å². The highest BCUT2D eigenvalue weighted by atomic mass is 32.2. The molecule has 3 aromatic rings. The maximum absolute atomic E-state index is 14.4. The molecule has 0 aliphatic heterocycles. The van der Waals surface area contributed by atoms with Crippen LogP contribution < -0.4 is 9.73 Å². The fourth-order valence-electron chi connectivity index (χ4n) is 3.02. The van der Waals surface area contributed by atoms with Crippen molar-refractivity contribution >= 4 is 27.3 Å². The van der Waals surface area contributed by atoms with Crippen LogP contribution in [-0.2, 0) is 21.2 Å². The van der Waals surface area contributed by atoms with Crippen molar-refractivity contribution in [3.63, 3.8) is 0 Å². The van der Waals surface area contributed by atoms with E-state index in [1.165, 1.54) is 30.3 Å². The molecule has 0 atom stereocenters. The van der Waals surface area contributed by atoms with E-state index in [0.29, 0.717) is 12.1 Å². The van der Waals surface area contributed by atoms with Gasteiger partial charge >= 0.3 is 0 Å². The van der Waals surface area contributed by atoms with Gasteiger partial charge in [0.1, 0.15) is 12.4 Å². The van der Waals surface area contributed by atoms with E-state index in [1.54, 1.807) is 25.1 Å². The number of hydrazone groups is 1. The number of carbonyl (C=O) groups is 1. The van der Waals surface area contributed by atoms with Gasteiger partial charge in [-0.2, -0.15) is 5.10 Å². The van der Waals surface area contributed by atoms with Gasteiger partial charge in [-0.25, -0.2) is 18.2 Å². The SMILES string of the molecule is C/C(CCc1ccccc1)=N/NC(=O)CN(c1ccccc1F)S(=O)(=O)c1ccccc1. The van der Waals surface area contributed by atoms with Crippen molar-refractivity contribution in [2.75, 3.05) is 10.8 Å². The van der Waals surface area contributed by atoms with Gasteiger partial charge < -0.3 is 0 Å². The van der Waals surface area contributed by atoms with Crippen LogP contribution in [0.1, 0.15) is 18.9 Å². The van der Waals surface area contributed by atoms with E-state index in [9.17, 15) is 17.6 Å². The standard InChI is InChI=1S/C24H24FN3O3S/c1-19(16-17-20-10-4-2-5-11-20)26-27-24(29)18-28(23-15-9-8-14-22(23)25)32(30,31)21-12-6-3-7-13-21/h2-15H,16-18H2,1H3,(H,27,29)/b26-19-. The molecule has 0 spiro atoms. The average molecular weight is 454 g/mol. The zero-order valence-corrected chi connectivity index (χ0v) is 18.4. The van der Waals surface area contributed by atoms with Crippen molar-refractivity contribution in [2.45, 2.75) is 24.7 Å². The lowest BCUT2D eigenvalue weighted by Gasteiger charge is -2.24. The second kappa shape index (κ2) is 10.7. The quantitative estimate of drug-likeness (QED) is 0.391. The Morgan fingerprint density at radius 1 is 0.938 bits per heavy atom. The van der Waals surface area contributed by atoms with E-state index in [0.717, 1.165) is 22.4 Å². The summed E-state index contributed by atoms with van der Waals surface area (Å²) < 4.78 is 41.5. The number of benzene rings is 3. The number of hydrogen-bond donors (Lipinski definition) is 1. The Kier molecular flexibility index (Phi) is 7.72. The van der Waals surface area contributed by atoms with Crippen molar-refractivity contribution in [1.29, 1.82) is 0 Å². The van der Waals surface area contributed by atoms with Gasteiger partial charge in [-0.3, -0.25) is 9.10 Å². The summed E-state index contributed by atoms with van der Waals surface area (Å²) in [5.41, 5.74) is 4.00. The fourth-order valence-corrected chi connectivity index (χ4v) is 4.47. The first-order valence-corrected chi connectivity index (χ1v) is 11.5. The lowest BCUT2D eigenvalue weighted by Crippen LogP contribution is -2.40. The Balaban J connectivity index is 1.75. The smallest absolute Gasteiger partial charge is 0.264 e. The second-order valence-electron chi connectivity index (χ2n) is 7.14. The van der Waals surface area contributed by atoms with E-state index in [1.807, 2.05) is 30.3 Å². The molecular weight excluding hydrogens is 429 g/mol. The zero-order chi connectivity index (χ0) is 23.0. The van der Waals surface area contributed by atoms with E-state index < -0.39 is 28.3 Å². The molecule has 0 saturated carbocycles. The fraction of sp³-hybridized carbons (Fsp3) is 0.167. The largest absolute Gasteiger partial charge is 0.271 e. The highest BCUT2D eigenvalue weighted by Gasteiger charge is 2.28. The van der Waals surface area contributed by atoms with E-state index >= 15 is 0 Å². The lowest BCUT2D eigenvalue weighted by molar-refractivity contribution is -0.119. The molecule has 0 aliphatic rings. The Hall–Kier alpha value is -3.52. The molecule has 0 unspecified atom stereocenters.